The van der Waals surface area contributed by atoms with Crippen molar-refractivity contribution in [2.75, 3.05) is 7.11 Å². The van der Waals surface area contributed by atoms with Crippen LogP contribution in [0.15, 0.2) is 54.6 Å². The van der Waals surface area contributed by atoms with Crippen molar-refractivity contribution in [3.8, 4) is 5.75 Å². The van der Waals surface area contributed by atoms with Gasteiger partial charge in [0.1, 0.15) is 18.0 Å². The van der Waals surface area contributed by atoms with Gasteiger partial charge in [-0.3, -0.25) is 0 Å². The molecule has 1 unspecified atom stereocenters. The second-order valence-corrected chi connectivity index (χ2v) is 7.92. The number of carbonyl (C=O) groups excluding carboxylic acids is 2. The Morgan fingerprint density at radius 3 is 2.09 bits per heavy atom. The highest BCUT2D eigenvalue weighted by atomic mass is 16.6. The smallest absolute Gasteiger partial charge is 0.408 e. The summed E-state index contributed by atoms with van der Waals surface area (Å²) >= 11 is 0. The molecule has 0 aliphatic heterocycles. The van der Waals surface area contributed by atoms with Gasteiger partial charge < -0.3 is 30.0 Å². The molecule has 172 valence electrons. The molecule has 2 amide bonds. The topological polar surface area (TPSA) is 123 Å². The Kier molecular flexibility index (Phi) is 8.46. The van der Waals surface area contributed by atoms with E-state index in [0.29, 0.717) is 11.3 Å². The number of methoxy groups -OCH3 is 1. The van der Waals surface area contributed by atoms with E-state index in [9.17, 15) is 19.5 Å². The molecule has 0 fully saturated rings. The molecule has 0 bridgehead atoms. The Hall–Kier alpha value is -3.75. The van der Waals surface area contributed by atoms with Crippen LogP contribution in [0.2, 0.25) is 0 Å². The average molecular weight is 444 g/mol. The summed E-state index contributed by atoms with van der Waals surface area (Å²) in [6.07, 6.45) is -1.77. The lowest BCUT2D eigenvalue weighted by Crippen LogP contribution is -2.51. The number of aliphatic carboxylic acids is 1. The van der Waals surface area contributed by atoms with E-state index >= 15 is 0 Å². The van der Waals surface area contributed by atoms with Crippen LogP contribution in [0.4, 0.5) is 9.59 Å². The summed E-state index contributed by atoms with van der Waals surface area (Å²) in [7, 11) is 1.50. The number of carbonyl (C=O) groups is 3. The summed E-state index contributed by atoms with van der Waals surface area (Å²) < 4.78 is 15.5. The van der Waals surface area contributed by atoms with Crippen molar-refractivity contribution in [2.24, 2.45) is 0 Å². The fourth-order valence-electron chi connectivity index (χ4n) is 2.78. The Labute approximate surface area is 186 Å². The molecule has 9 nitrogen and oxygen atoms in total. The highest BCUT2D eigenvalue weighted by Gasteiger charge is 2.34. The van der Waals surface area contributed by atoms with Gasteiger partial charge in [-0.05, 0) is 44.0 Å². The van der Waals surface area contributed by atoms with Crippen LogP contribution in [0.3, 0.4) is 0 Å². The van der Waals surface area contributed by atoms with Gasteiger partial charge in [0.2, 0.25) is 0 Å². The van der Waals surface area contributed by atoms with Crippen LogP contribution in [-0.2, 0) is 20.9 Å². The van der Waals surface area contributed by atoms with Crippen LogP contribution < -0.4 is 15.4 Å². The number of carboxylic acids is 1. The lowest BCUT2D eigenvalue weighted by Gasteiger charge is -2.28. The number of hydrogen-bond acceptors (Lipinski definition) is 6. The van der Waals surface area contributed by atoms with Gasteiger partial charge in [0.05, 0.1) is 13.2 Å². The number of ether oxygens (including phenoxy) is 3. The molecule has 2 atom stereocenters. The van der Waals surface area contributed by atoms with Crippen molar-refractivity contribution >= 4 is 18.2 Å². The maximum Gasteiger partial charge on any atom is 0.408 e. The first-order valence-electron chi connectivity index (χ1n) is 9.92. The van der Waals surface area contributed by atoms with E-state index < -0.39 is 35.8 Å². The number of alkyl carbamates (subject to hydrolysis) is 2. The molecule has 3 N–H and O–H groups in total. The number of nitrogens with one attached hydrogen (secondary N) is 2. The predicted octanol–water partition coefficient (Wildman–Crippen LogP) is 3.64. The van der Waals surface area contributed by atoms with E-state index in [-0.39, 0.29) is 6.61 Å². The molecule has 0 aromatic heterocycles. The standard InChI is InChI=1S/C23H28N2O7/c1-23(2,3)32-22(29)24-18(16-10-12-17(30-4)13-11-16)19(20(26)27)25-21(28)31-14-15-8-6-5-7-9-15/h5-13,18-19H,14H2,1-4H3,(H,24,29)(H,25,28)(H,26,27)/t18-,19?/m1/s1. The lowest BCUT2D eigenvalue weighted by atomic mass is 9.99. The summed E-state index contributed by atoms with van der Waals surface area (Å²) in [5, 5.41) is 14.7. The van der Waals surface area contributed by atoms with Crippen LogP contribution in [0.1, 0.15) is 37.9 Å². The molecule has 2 rings (SSSR count). The Balaban J connectivity index is 2.21. The second-order valence-electron chi connectivity index (χ2n) is 7.92. The quantitative estimate of drug-likeness (QED) is 0.568. The van der Waals surface area contributed by atoms with Crippen molar-refractivity contribution < 1.29 is 33.7 Å². The van der Waals surface area contributed by atoms with Crippen LogP contribution in [0.25, 0.3) is 0 Å². The van der Waals surface area contributed by atoms with Crippen molar-refractivity contribution in [2.45, 2.75) is 45.1 Å². The van der Waals surface area contributed by atoms with E-state index in [1.165, 1.54) is 7.11 Å². The molecular weight excluding hydrogens is 416 g/mol. The van der Waals surface area contributed by atoms with Crippen molar-refractivity contribution in [1.82, 2.24) is 10.6 Å². The fraction of sp³-hybridized carbons (Fsp3) is 0.348. The van der Waals surface area contributed by atoms with Gasteiger partial charge in [0, 0.05) is 0 Å². The number of hydrogen-bond donors (Lipinski definition) is 3. The van der Waals surface area contributed by atoms with Crippen molar-refractivity contribution in [3.63, 3.8) is 0 Å². The molecule has 0 spiro atoms. The third-order valence-corrected chi connectivity index (χ3v) is 4.23. The molecule has 2 aromatic rings. The predicted molar refractivity (Wildman–Crippen MR) is 116 cm³/mol. The van der Waals surface area contributed by atoms with E-state index in [1.807, 2.05) is 6.07 Å². The van der Waals surface area contributed by atoms with E-state index in [2.05, 4.69) is 10.6 Å². The third-order valence-electron chi connectivity index (χ3n) is 4.23. The normalized spacial score (nSPS) is 12.8. The summed E-state index contributed by atoms with van der Waals surface area (Å²) in [5.41, 5.74) is 0.371. The molecule has 32 heavy (non-hydrogen) atoms. The van der Waals surface area contributed by atoms with Gasteiger partial charge in [-0.2, -0.15) is 0 Å². The number of carboxylic acid groups (broad SMARTS) is 1. The van der Waals surface area contributed by atoms with Gasteiger partial charge >= 0.3 is 18.2 Å². The second kappa shape index (κ2) is 11.0. The Bertz CT molecular complexity index is 908. The zero-order valence-electron chi connectivity index (χ0n) is 18.5. The molecular formula is C23H28N2O7. The van der Waals surface area contributed by atoms with Gasteiger partial charge in [-0.25, -0.2) is 14.4 Å². The van der Waals surface area contributed by atoms with Crippen LogP contribution in [0, 0.1) is 0 Å². The third kappa shape index (κ3) is 7.82. The molecule has 2 aromatic carbocycles. The molecule has 0 aliphatic rings. The van der Waals surface area contributed by atoms with E-state index in [1.54, 1.807) is 69.3 Å². The SMILES string of the molecule is COc1ccc([C@@H](NC(=O)OC(C)(C)C)C(NC(=O)OCc2ccccc2)C(=O)O)cc1. The monoisotopic (exact) mass is 444 g/mol. The first-order valence-corrected chi connectivity index (χ1v) is 9.92. The fourth-order valence-corrected chi connectivity index (χ4v) is 2.78. The lowest BCUT2D eigenvalue weighted by molar-refractivity contribution is -0.140. The van der Waals surface area contributed by atoms with Crippen LogP contribution >= 0.6 is 0 Å². The minimum absolute atomic E-state index is 0.0360. The summed E-state index contributed by atoms with van der Waals surface area (Å²) in [6.45, 7) is 5.01. The van der Waals surface area contributed by atoms with E-state index in [4.69, 9.17) is 14.2 Å². The number of benzene rings is 2. The maximum atomic E-state index is 12.4. The highest BCUT2D eigenvalue weighted by Crippen LogP contribution is 2.22. The Morgan fingerprint density at radius 1 is 0.938 bits per heavy atom. The number of amides is 2. The highest BCUT2D eigenvalue weighted by molar-refractivity contribution is 5.82. The van der Waals surface area contributed by atoms with Gasteiger partial charge in [-0.1, -0.05) is 42.5 Å². The molecule has 0 heterocycles. The summed E-state index contributed by atoms with van der Waals surface area (Å²) in [4.78, 5) is 36.7. The zero-order chi connectivity index (χ0) is 23.7. The van der Waals surface area contributed by atoms with Crippen molar-refractivity contribution in [3.05, 3.63) is 65.7 Å². The molecule has 9 heteroatoms. The van der Waals surface area contributed by atoms with Crippen LogP contribution in [-0.4, -0.2) is 42.0 Å². The molecule has 0 aliphatic carbocycles. The largest absolute Gasteiger partial charge is 0.497 e. The van der Waals surface area contributed by atoms with Gasteiger partial charge in [0.25, 0.3) is 0 Å². The number of rotatable bonds is 8. The molecule has 0 radical (unpaired) electrons. The average Bonchev–Trinajstić information content (AvgIpc) is 2.74. The van der Waals surface area contributed by atoms with Gasteiger partial charge in [-0.15, -0.1) is 0 Å². The minimum Gasteiger partial charge on any atom is -0.497 e. The van der Waals surface area contributed by atoms with Crippen LogP contribution in [0.5, 0.6) is 5.75 Å². The molecule has 0 saturated heterocycles. The zero-order valence-corrected chi connectivity index (χ0v) is 18.5. The minimum atomic E-state index is -1.53. The Morgan fingerprint density at radius 2 is 1.56 bits per heavy atom. The first kappa shape index (κ1) is 24.5. The van der Waals surface area contributed by atoms with E-state index in [0.717, 1.165) is 5.56 Å². The summed E-state index contributed by atoms with van der Waals surface area (Å²) in [5.74, 6) is -0.814. The van der Waals surface area contributed by atoms with Gasteiger partial charge in [0.15, 0.2) is 6.04 Å². The first-order chi connectivity index (χ1) is 15.1. The van der Waals surface area contributed by atoms with Crippen molar-refractivity contribution in [1.29, 1.82) is 0 Å². The maximum absolute atomic E-state index is 12.4. The summed E-state index contributed by atoms with van der Waals surface area (Å²) in [6, 6.07) is 12.7. The molecule has 0 saturated carbocycles.